The summed E-state index contributed by atoms with van der Waals surface area (Å²) in [4.78, 5) is 22.1. The minimum absolute atomic E-state index is 0.0817. The van der Waals surface area contributed by atoms with Crippen molar-refractivity contribution in [3.8, 4) is 28.6 Å². The molecule has 0 saturated heterocycles. The molecular weight excluding hydrogens is 443 g/mol. The Hall–Kier alpha value is -4.97. The number of nitrogen functional groups attached to an aromatic ring is 1. The lowest BCUT2D eigenvalue weighted by atomic mass is 9.92. The topological polar surface area (TPSA) is 126 Å². The summed E-state index contributed by atoms with van der Waals surface area (Å²) in [6.07, 6.45) is 4.67. The van der Waals surface area contributed by atoms with Crippen molar-refractivity contribution in [3.63, 3.8) is 0 Å². The van der Waals surface area contributed by atoms with Crippen LogP contribution in [0.25, 0.3) is 33.4 Å². The quantitative estimate of drug-likeness (QED) is 0.377. The van der Waals surface area contributed by atoms with Crippen LogP contribution in [-0.2, 0) is 0 Å². The van der Waals surface area contributed by atoms with Gasteiger partial charge in [0.25, 0.3) is 0 Å². The molecule has 8 nitrogen and oxygen atoms in total. The molecule has 0 radical (unpaired) electrons. The van der Waals surface area contributed by atoms with Gasteiger partial charge in [0.1, 0.15) is 35.4 Å². The molecule has 1 atom stereocenters. The zero-order chi connectivity index (χ0) is 24.4. The largest absolute Gasteiger partial charge is 0.382 e. The standard InChI is InChI=1S/C26H19FN8/c1-15(34-26-18(13-28)25(29)32-14-33-26)24-23(21-7-3-5-11-31-21)22(20-6-2-4-10-30-20)17-12-16(27)8-9-19(17)35-24/h2-12,14-15H,1H3,(H3,29,32,33,34)/t15-/m0/s1. The van der Waals surface area contributed by atoms with Crippen molar-refractivity contribution in [2.45, 2.75) is 13.0 Å². The van der Waals surface area contributed by atoms with Crippen molar-refractivity contribution in [1.82, 2.24) is 24.9 Å². The van der Waals surface area contributed by atoms with E-state index in [9.17, 15) is 9.65 Å². The molecule has 3 N–H and O–H groups in total. The van der Waals surface area contributed by atoms with Gasteiger partial charge in [0.15, 0.2) is 0 Å². The monoisotopic (exact) mass is 462 g/mol. The minimum atomic E-state index is -0.440. The van der Waals surface area contributed by atoms with Crippen LogP contribution in [0.5, 0.6) is 0 Å². The van der Waals surface area contributed by atoms with Crippen molar-refractivity contribution in [2.24, 2.45) is 0 Å². The fourth-order valence-electron chi connectivity index (χ4n) is 4.01. The van der Waals surface area contributed by atoms with Gasteiger partial charge in [-0.25, -0.2) is 19.3 Å². The molecule has 0 saturated carbocycles. The number of pyridine rings is 3. The third-order valence-electron chi connectivity index (χ3n) is 5.57. The van der Waals surface area contributed by atoms with E-state index in [0.29, 0.717) is 44.9 Å². The van der Waals surface area contributed by atoms with Gasteiger partial charge in [-0.2, -0.15) is 5.26 Å². The number of nitriles is 1. The van der Waals surface area contributed by atoms with E-state index in [2.05, 4.69) is 25.3 Å². The first-order valence-electron chi connectivity index (χ1n) is 10.8. The highest BCUT2D eigenvalue weighted by molar-refractivity contribution is 6.02. The molecule has 4 aromatic heterocycles. The third-order valence-corrected chi connectivity index (χ3v) is 5.57. The van der Waals surface area contributed by atoms with Crippen LogP contribution < -0.4 is 11.1 Å². The molecule has 35 heavy (non-hydrogen) atoms. The van der Waals surface area contributed by atoms with Crippen LogP contribution in [0.2, 0.25) is 0 Å². The predicted molar refractivity (Wildman–Crippen MR) is 131 cm³/mol. The molecule has 0 aliphatic heterocycles. The maximum Gasteiger partial charge on any atom is 0.150 e. The number of hydrogen-bond acceptors (Lipinski definition) is 8. The second-order valence-corrected chi connectivity index (χ2v) is 7.80. The zero-order valence-electron chi connectivity index (χ0n) is 18.6. The molecular formula is C26H19FN8. The van der Waals surface area contributed by atoms with Crippen molar-refractivity contribution in [1.29, 1.82) is 5.26 Å². The lowest BCUT2D eigenvalue weighted by Crippen LogP contribution is -2.14. The minimum Gasteiger partial charge on any atom is -0.382 e. The number of fused-ring (bicyclic) bond motifs is 1. The van der Waals surface area contributed by atoms with Gasteiger partial charge in [-0.3, -0.25) is 9.97 Å². The normalized spacial score (nSPS) is 11.7. The average Bonchev–Trinajstić information content (AvgIpc) is 2.88. The highest BCUT2D eigenvalue weighted by atomic mass is 19.1. The van der Waals surface area contributed by atoms with Gasteiger partial charge in [-0.15, -0.1) is 0 Å². The second-order valence-electron chi connectivity index (χ2n) is 7.80. The smallest absolute Gasteiger partial charge is 0.150 e. The summed E-state index contributed by atoms with van der Waals surface area (Å²) in [5.74, 6) is -0.00405. The molecule has 0 spiro atoms. The molecule has 170 valence electrons. The Morgan fingerprint density at radius 2 is 1.66 bits per heavy atom. The van der Waals surface area contributed by atoms with E-state index in [1.165, 1.54) is 18.5 Å². The van der Waals surface area contributed by atoms with Crippen molar-refractivity contribution >= 4 is 22.5 Å². The van der Waals surface area contributed by atoms with E-state index in [1.807, 2.05) is 49.4 Å². The third kappa shape index (κ3) is 4.09. The van der Waals surface area contributed by atoms with Crippen LogP contribution in [0, 0.1) is 17.1 Å². The van der Waals surface area contributed by atoms with E-state index in [1.54, 1.807) is 18.5 Å². The second kappa shape index (κ2) is 9.11. The molecule has 0 unspecified atom stereocenters. The Balaban J connectivity index is 1.81. The average molecular weight is 462 g/mol. The number of halogens is 1. The van der Waals surface area contributed by atoms with Crippen LogP contribution in [0.3, 0.4) is 0 Å². The summed E-state index contributed by atoms with van der Waals surface area (Å²) in [6, 6.07) is 17.2. The van der Waals surface area contributed by atoms with Gasteiger partial charge < -0.3 is 11.1 Å². The lowest BCUT2D eigenvalue weighted by Gasteiger charge is -2.22. The molecule has 0 fully saturated rings. The zero-order valence-corrected chi connectivity index (χ0v) is 18.6. The number of nitrogens with one attached hydrogen (secondary N) is 1. The van der Waals surface area contributed by atoms with E-state index in [0.717, 1.165) is 0 Å². The Kier molecular flexibility index (Phi) is 5.69. The Labute approximate surface area is 200 Å². The van der Waals surface area contributed by atoms with Gasteiger partial charge in [0, 0.05) is 28.9 Å². The molecule has 5 aromatic rings. The number of hydrogen-bond donors (Lipinski definition) is 2. The fraction of sp³-hybridized carbons (Fsp3) is 0.0769. The number of anilines is 2. The summed E-state index contributed by atoms with van der Waals surface area (Å²) < 4.78 is 14.4. The summed E-state index contributed by atoms with van der Waals surface area (Å²) >= 11 is 0. The molecule has 0 aliphatic carbocycles. The van der Waals surface area contributed by atoms with Crippen LogP contribution in [0.1, 0.15) is 24.2 Å². The van der Waals surface area contributed by atoms with Gasteiger partial charge in [0.2, 0.25) is 0 Å². The number of aromatic nitrogens is 5. The maximum absolute atomic E-state index is 14.4. The Morgan fingerprint density at radius 1 is 0.943 bits per heavy atom. The number of nitrogens with zero attached hydrogens (tertiary/aromatic N) is 6. The van der Waals surface area contributed by atoms with E-state index in [4.69, 9.17) is 10.7 Å². The molecule has 5 rings (SSSR count). The Bertz CT molecular complexity index is 1570. The highest BCUT2D eigenvalue weighted by Crippen LogP contribution is 2.40. The van der Waals surface area contributed by atoms with E-state index >= 15 is 0 Å². The molecule has 9 heteroatoms. The summed E-state index contributed by atoms with van der Waals surface area (Å²) in [6.45, 7) is 1.89. The fourth-order valence-corrected chi connectivity index (χ4v) is 4.01. The molecule has 0 amide bonds. The number of benzene rings is 1. The van der Waals surface area contributed by atoms with Gasteiger partial charge in [-0.05, 0) is 49.4 Å². The SMILES string of the molecule is C[C@H](Nc1ncnc(N)c1C#N)c1nc2ccc(F)cc2c(-c2ccccn2)c1-c1ccccn1. The van der Waals surface area contributed by atoms with E-state index < -0.39 is 6.04 Å². The molecule has 4 heterocycles. The maximum atomic E-state index is 14.4. The molecule has 0 aliphatic rings. The first-order chi connectivity index (χ1) is 17.1. The van der Waals surface area contributed by atoms with Crippen LogP contribution in [-0.4, -0.2) is 24.9 Å². The van der Waals surface area contributed by atoms with Gasteiger partial charge >= 0.3 is 0 Å². The summed E-state index contributed by atoms with van der Waals surface area (Å²) in [5.41, 5.74) is 9.96. The van der Waals surface area contributed by atoms with Crippen LogP contribution in [0.4, 0.5) is 16.0 Å². The number of rotatable bonds is 5. The lowest BCUT2D eigenvalue weighted by molar-refractivity contribution is 0.629. The summed E-state index contributed by atoms with van der Waals surface area (Å²) in [5, 5.41) is 13.4. The summed E-state index contributed by atoms with van der Waals surface area (Å²) in [7, 11) is 0. The first kappa shape index (κ1) is 21.9. The van der Waals surface area contributed by atoms with Crippen molar-refractivity contribution in [2.75, 3.05) is 11.1 Å². The first-order valence-corrected chi connectivity index (χ1v) is 10.8. The van der Waals surface area contributed by atoms with Crippen LogP contribution >= 0.6 is 0 Å². The van der Waals surface area contributed by atoms with E-state index in [-0.39, 0.29) is 17.2 Å². The highest BCUT2D eigenvalue weighted by Gasteiger charge is 2.24. The van der Waals surface area contributed by atoms with Crippen LogP contribution in [0.15, 0.2) is 73.3 Å². The van der Waals surface area contributed by atoms with Crippen molar-refractivity contribution in [3.05, 3.63) is 90.4 Å². The van der Waals surface area contributed by atoms with Crippen molar-refractivity contribution < 1.29 is 4.39 Å². The van der Waals surface area contributed by atoms with Gasteiger partial charge in [-0.1, -0.05) is 12.1 Å². The molecule has 1 aromatic carbocycles. The molecule has 0 bridgehead atoms. The predicted octanol–water partition coefficient (Wildman–Crippen LogP) is 4.91. The Morgan fingerprint density at radius 3 is 2.31 bits per heavy atom. The van der Waals surface area contributed by atoms with Gasteiger partial charge in [0.05, 0.1) is 28.6 Å². The number of nitrogens with two attached hydrogens (primary N) is 1.